The van der Waals surface area contributed by atoms with Gasteiger partial charge in [0.15, 0.2) is 0 Å². The van der Waals surface area contributed by atoms with Gasteiger partial charge >= 0.3 is 0 Å². The number of rotatable bonds is 5. The van der Waals surface area contributed by atoms with Gasteiger partial charge in [0, 0.05) is 6.54 Å². The summed E-state index contributed by atoms with van der Waals surface area (Å²) >= 11 is 11.9. The zero-order chi connectivity index (χ0) is 11.3. The highest BCUT2D eigenvalue weighted by Crippen LogP contribution is 2.25. The Balaban J connectivity index is 2.41. The van der Waals surface area contributed by atoms with Crippen molar-refractivity contribution in [3.63, 3.8) is 0 Å². The third-order valence-corrected chi connectivity index (χ3v) is 2.94. The lowest BCUT2D eigenvalue weighted by atomic mass is 10.2. The van der Waals surface area contributed by atoms with E-state index in [4.69, 9.17) is 28.3 Å². The third kappa shape index (κ3) is 4.39. The molecular weight excluding hydrogens is 233 g/mol. The molecule has 0 saturated heterocycles. The summed E-state index contributed by atoms with van der Waals surface area (Å²) in [5.74, 6) is 0. The normalized spacial score (nSPS) is 12.8. The van der Waals surface area contributed by atoms with Crippen LogP contribution in [-0.4, -0.2) is 17.8 Å². The Hall–Kier alpha value is -0.280. The molecule has 0 heterocycles. The predicted molar refractivity (Wildman–Crippen MR) is 64.5 cm³/mol. The van der Waals surface area contributed by atoms with Gasteiger partial charge in [-0.2, -0.15) is 0 Å². The fourth-order valence-corrected chi connectivity index (χ4v) is 1.61. The van der Waals surface area contributed by atoms with Crippen molar-refractivity contribution >= 4 is 23.2 Å². The van der Waals surface area contributed by atoms with Crippen molar-refractivity contribution in [3.05, 3.63) is 33.8 Å². The Kier molecular flexibility index (Phi) is 5.40. The van der Waals surface area contributed by atoms with Gasteiger partial charge in [0.2, 0.25) is 0 Å². The quantitative estimate of drug-likeness (QED) is 0.785. The Morgan fingerprint density at radius 2 is 2.13 bits per heavy atom. The molecule has 0 aliphatic heterocycles. The zero-order valence-electron chi connectivity index (χ0n) is 8.63. The lowest BCUT2D eigenvalue weighted by Crippen LogP contribution is -2.18. The van der Waals surface area contributed by atoms with Crippen LogP contribution in [0.25, 0.3) is 0 Å². The van der Waals surface area contributed by atoms with Crippen LogP contribution in [0, 0.1) is 0 Å². The lowest BCUT2D eigenvalue weighted by molar-refractivity contribution is 0.183. The summed E-state index contributed by atoms with van der Waals surface area (Å²) in [4.78, 5) is 0. The van der Waals surface area contributed by atoms with E-state index in [1.54, 1.807) is 13.0 Å². The molecule has 1 aromatic rings. The average Bonchev–Trinajstić information content (AvgIpc) is 2.18. The van der Waals surface area contributed by atoms with Gasteiger partial charge in [-0.25, -0.2) is 0 Å². The maximum atomic E-state index is 9.06. The van der Waals surface area contributed by atoms with Gasteiger partial charge in [0.1, 0.15) is 0 Å². The first-order valence-corrected chi connectivity index (χ1v) is 5.68. The van der Waals surface area contributed by atoms with Crippen molar-refractivity contribution < 1.29 is 5.11 Å². The second-order valence-electron chi connectivity index (χ2n) is 3.53. The van der Waals surface area contributed by atoms with Crippen LogP contribution >= 0.6 is 23.2 Å². The van der Waals surface area contributed by atoms with E-state index in [-0.39, 0.29) is 6.10 Å². The van der Waals surface area contributed by atoms with Crippen LogP contribution in [0.5, 0.6) is 0 Å². The molecule has 84 valence electrons. The van der Waals surface area contributed by atoms with Gasteiger partial charge in [0.25, 0.3) is 0 Å². The smallest absolute Gasteiger partial charge is 0.0637 e. The summed E-state index contributed by atoms with van der Waals surface area (Å²) in [6.45, 7) is 3.21. The largest absolute Gasteiger partial charge is 0.393 e. The SMILES string of the molecule is C[C@H](O)CCNCc1cccc(Cl)c1Cl. The van der Waals surface area contributed by atoms with Gasteiger partial charge in [0.05, 0.1) is 16.1 Å². The number of nitrogens with one attached hydrogen (secondary N) is 1. The predicted octanol–water partition coefficient (Wildman–Crippen LogP) is 2.85. The fourth-order valence-electron chi connectivity index (χ4n) is 1.22. The average molecular weight is 248 g/mol. The van der Waals surface area contributed by atoms with Crippen molar-refractivity contribution in [2.45, 2.75) is 26.0 Å². The molecule has 15 heavy (non-hydrogen) atoms. The van der Waals surface area contributed by atoms with Gasteiger partial charge < -0.3 is 10.4 Å². The van der Waals surface area contributed by atoms with Gasteiger partial charge in [-0.3, -0.25) is 0 Å². The van der Waals surface area contributed by atoms with Crippen LogP contribution in [0.15, 0.2) is 18.2 Å². The van der Waals surface area contributed by atoms with Gasteiger partial charge in [-0.1, -0.05) is 35.3 Å². The summed E-state index contributed by atoms with van der Waals surface area (Å²) < 4.78 is 0. The second-order valence-corrected chi connectivity index (χ2v) is 4.31. The number of aliphatic hydroxyl groups is 1. The molecule has 1 rings (SSSR count). The number of halogens is 2. The number of hydrogen-bond donors (Lipinski definition) is 2. The first-order valence-electron chi connectivity index (χ1n) is 4.93. The standard InChI is InChI=1S/C11H15Cl2NO/c1-8(15)5-6-14-7-9-3-2-4-10(12)11(9)13/h2-4,8,14-15H,5-7H2,1H3/t8-/m0/s1. The molecule has 0 bridgehead atoms. The number of hydrogen-bond acceptors (Lipinski definition) is 2. The zero-order valence-corrected chi connectivity index (χ0v) is 10.1. The van der Waals surface area contributed by atoms with Crippen molar-refractivity contribution in [1.82, 2.24) is 5.32 Å². The van der Waals surface area contributed by atoms with E-state index in [0.29, 0.717) is 16.6 Å². The summed E-state index contributed by atoms with van der Waals surface area (Å²) in [6.07, 6.45) is 0.463. The van der Waals surface area contributed by atoms with Crippen LogP contribution in [-0.2, 0) is 6.54 Å². The number of benzene rings is 1. The first kappa shape index (κ1) is 12.8. The third-order valence-electron chi connectivity index (χ3n) is 2.09. The Bertz CT molecular complexity index is 315. The van der Waals surface area contributed by atoms with E-state index < -0.39 is 0 Å². The molecule has 0 saturated carbocycles. The van der Waals surface area contributed by atoms with E-state index in [9.17, 15) is 0 Å². The minimum absolute atomic E-state index is 0.271. The number of aliphatic hydroxyl groups excluding tert-OH is 1. The molecule has 0 aromatic heterocycles. The molecule has 2 N–H and O–H groups in total. The Labute approximate surface area is 100 Å². The van der Waals surface area contributed by atoms with E-state index in [0.717, 1.165) is 18.5 Å². The van der Waals surface area contributed by atoms with Crippen molar-refractivity contribution in [2.24, 2.45) is 0 Å². The molecular formula is C11H15Cl2NO. The molecule has 0 unspecified atom stereocenters. The molecule has 4 heteroatoms. The molecule has 0 aliphatic rings. The van der Waals surface area contributed by atoms with Crippen LogP contribution in [0.1, 0.15) is 18.9 Å². The Morgan fingerprint density at radius 1 is 1.40 bits per heavy atom. The minimum atomic E-state index is -0.271. The molecule has 1 atom stereocenters. The molecule has 0 aliphatic carbocycles. The first-order chi connectivity index (χ1) is 7.11. The van der Waals surface area contributed by atoms with Crippen LogP contribution < -0.4 is 5.32 Å². The minimum Gasteiger partial charge on any atom is -0.393 e. The summed E-state index contributed by atoms with van der Waals surface area (Å²) in [6, 6.07) is 5.58. The van der Waals surface area contributed by atoms with Crippen LogP contribution in [0.4, 0.5) is 0 Å². The van der Waals surface area contributed by atoms with E-state index in [1.165, 1.54) is 0 Å². The molecule has 0 radical (unpaired) electrons. The topological polar surface area (TPSA) is 32.3 Å². The molecule has 0 spiro atoms. The molecule has 2 nitrogen and oxygen atoms in total. The highest BCUT2D eigenvalue weighted by atomic mass is 35.5. The van der Waals surface area contributed by atoms with Crippen LogP contribution in [0.2, 0.25) is 10.0 Å². The highest BCUT2D eigenvalue weighted by molar-refractivity contribution is 6.42. The van der Waals surface area contributed by atoms with E-state index >= 15 is 0 Å². The lowest BCUT2D eigenvalue weighted by Gasteiger charge is -2.08. The summed E-state index contributed by atoms with van der Waals surface area (Å²) in [5.41, 5.74) is 0.981. The second kappa shape index (κ2) is 6.33. The highest BCUT2D eigenvalue weighted by Gasteiger charge is 2.03. The van der Waals surface area contributed by atoms with E-state index in [1.807, 2.05) is 12.1 Å². The Morgan fingerprint density at radius 3 is 2.80 bits per heavy atom. The van der Waals surface area contributed by atoms with Crippen molar-refractivity contribution in [2.75, 3.05) is 6.54 Å². The summed E-state index contributed by atoms with van der Waals surface area (Å²) in [5, 5.41) is 13.4. The van der Waals surface area contributed by atoms with Gasteiger partial charge in [-0.15, -0.1) is 0 Å². The van der Waals surface area contributed by atoms with Crippen LogP contribution in [0.3, 0.4) is 0 Å². The summed E-state index contributed by atoms with van der Waals surface area (Å²) in [7, 11) is 0. The molecule has 0 amide bonds. The maximum Gasteiger partial charge on any atom is 0.0637 e. The van der Waals surface area contributed by atoms with Crippen molar-refractivity contribution in [1.29, 1.82) is 0 Å². The molecule has 0 fully saturated rings. The monoisotopic (exact) mass is 247 g/mol. The van der Waals surface area contributed by atoms with Crippen molar-refractivity contribution in [3.8, 4) is 0 Å². The molecule has 1 aromatic carbocycles. The maximum absolute atomic E-state index is 9.06. The fraction of sp³-hybridized carbons (Fsp3) is 0.455. The van der Waals surface area contributed by atoms with Gasteiger partial charge in [-0.05, 0) is 31.5 Å². The van der Waals surface area contributed by atoms with E-state index in [2.05, 4.69) is 5.32 Å².